The van der Waals surface area contributed by atoms with Crippen molar-refractivity contribution < 1.29 is 4.42 Å². The van der Waals surface area contributed by atoms with Crippen LogP contribution < -0.4 is 10.6 Å². The monoisotopic (exact) mass is 739 g/mol. The summed E-state index contributed by atoms with van der Waals surface area (Å²) < 4.78 is 6.67. The Bertz CT molecular complexity index is 3660. The standard InChI is InChI=1S/C54H33N3O/c1-3-12-33(13-4-1)46-30-24-34-22-23-35-25-31-48(57-53(35)52(34)55-46)41-27-26-38(39-16-7-8-17-40(39)41)36-14-11-15-37(32-36)51-45-29-28-43-42-18-5-2-6-21-49(42)58-54(43)50(45)44-19-9-10-20-47(44)56-51/h1-4,6-32H,5H2. The zero-order chi connectivity index (χ0) is 38.2. The number of rotatable bonds is 4. The highest BCUT2D eigenvalue weighted by Gasteiger charge is 2.18. The predicted octanol–water partition coefficient (Wildman–Crippen LogP) is 12.6. The molecule has 0 amide bonds. The summed E-state index contributed by atoms with van der Waals surface area (Å²) in [5.41, 5.74) is 12.9. The van der Waals surface area contributed by atoms with Crippen LogP contribution in [0.4, 0.5) is 0 Å². The number of nitrogens with zero attached hydrogens (tertiary/aromatic N) is 3. The number of aromatic nitrogens is 3. The molecule has 0 unspecified atom stereocenters. The SMILES string of the molecule is C1=CCC=c2c(oc3c2ccc2c(-c4cccc(-c5ccc(-c6ccc7ccc8ccc(-c9ccccc9)nc8c7n6)c6ccccc56)c4)nc4ccccc4c23)=C1. The van der Waals surface area contributed by atoms with Gasteiger partial charge in [0.15, 0.2) is 0 Å². The molecule has 4 heteroatoms. The number of furan rings is 1. The van der Waals surface area contributed by atoms with E-state index in [9.17, 15) is 0 Å². The van der Waals surface area contributed by atoms with Gasteiger partial charge in [-0.25, -0.2) is 15.0 Å². The quantitative estimate of drug-likeness (QED) is 0.169. The minimum Gasteiger partial charge on any atom is -0.455 e. The number of hydrogen-bond acceptors (Lipinski definition) is 4. The Hall–Kier alpha value is -7.69. The van der Waals surface area contributed by atoms with Gasteiger partial charge in [-0.05, 0) is 64.7 Å². The molecule has 0 spiro atoms. The fourth-order valence-corrected chi connectivity index (χ4v) is 8.90. The fourth-order valence-electron chi connectivity index (χ4n) is 8.90. The summed E-state index contributed by atoms with van der Waals surface area (Å²) in [5, 5.41) is 10.00. The minimum atomic E-state index is 0.879. The number of benzene rings is 7. The maximum atomic E-state index is 6.67. The summed E-state index contributed by atoms with van der Waals surface area (Å²) in [5.74, 6) is 0. The van der Waals surface area contributed by atoms with E-state index in [1.807, 2.05) is 6.07 Å². The zero-order valence-corrected chi connectivity index (χ0v) is 31.4. The lowest BCUT2D eigenvalue weighted by Gasteiger charge is -2.14. The first kappa shape index (κ1) is 32.5. The Labute approximate surface area is 333 Å². The molecule has 58 heavy (non-hydrogen) atoms. The van der Waals surface area contributed by atoms with Gasteiger partial charge >= 0.3 is 0 Å². The maximum Gasteiger partial charge on any atom is 0.143 e. The van der Waals surface area contributed by atoms with Gasteiger partial charge in [-0.1, -0.05) is 152 Å². The summed E-state index contributed by atoms with van der Waals surface area (Å²) in [4.78, 5) is 15.8. The van der Waals surface area contributed by atoms with Crippen LogP contribution in [0.2, 0.25) is 0 Å². The van der Waals surface area contributed by atoms with Crippen LogP contribution >= 0.6 is 0 Å². The highest BCUT2D eigenvalue weighted by atomic mass is 16.3. The van der Waals surface area contributed by atoms with Gasteiger partial charge in [0.1, 0.15) is 11.0 Å². The van der Waals surface area contributed by atoms with Gasteiger partial charge in [-0.3, -0.25) is 0 Å². The lowest BCUT2D eigenvalue weighted by molar-refractivity contribution is 0.579. The Morgan fingerprint density at radius 3 is 1.97 bits per heavy atom. The van der Waals surface area contributed by atoms with E-state index in [1.165, 1.54) is 0 Å². The van der Waals surface area contributed by atoms with Crippen LogP contribution in [0.25, 0.3) is 122 Å². The molecule has 4 heterocycles. The number of para-hydroxylation sites is 1. The summed E-state index contributed by atoms with van der Waals surface area (Å²) >= 11 is 0. The third-order valence-corrected chi connectivity index (χ3v) is 11.7. The van der Waals surface area contributed by atoms with Gasteiger partial charge in [0.2, 0.25) is 0 Å². The van der Waals surface area contributed by atoms with Crippen LogP contribution in [-0.2, 0) is 0 Å². The molecule has 0 aliphatic heterocycles. The second kappa shape index (κ2) is 12.9. The van der Waals surface area contributed by atoms with Crippen molar-refractivity contribution in [1.82, 2.24) is 15.0 Å². The topological polar surface area (TPSA) is 51.8 Å². The molecule has 7 aromatic carbocycles. The largest absolute Gasteiger partial charge is 0.455 e. The Morgan fingerprint density at radius 1 is 0.466 bits per heavy atom. The van der Waals surface area contributed by atoms with E-state index in [4.69, 9.17) is 19.4 Å². The van der Waals surface area contributed by atoms with Crippen molar-refractivity contribution >= 4 is 77.4 Å². The smallest absolute Gasteiger partial charge is 0.143 e. The molecule has 1 aliphatic carbocycles. The molecule has 4 aromatic heterocycles. The fraction of sp³-hybridized carbons (Fsp3) is 0.0185. The van der Waals surface area contributed by atoms with E-state index >= 15 is 0 Å². The third-order valence-electron chi connectivity index (χ3n) is 11.7. The molecule has 11 aromatic rings. The first-order chi connectivity index (χ1) is 28.7. The molecule has 0 saturated heterocycles. The van der Waals surface area contributed by atoms with Gasteiger partial charge in [-0.15, -0.1) is 0 Å². The van der Waals surface area contributed by atoms with E-state index in [1.54, 1.807) is 0 Å². The van der Waals surface area contributed by atoms with Crippen molar-refractivity contribution in [3.05, 3.63) is 187 Å². The summed E-state index contributed by atoms with van der Waals surface area (Å²) in [7, 11) is 0. The van der Waals surface area contributed by atoms with E-state index in [0.717, 1.165) is 127 Å². The molecular formula is C54H33N3O. The van der Waals surface area contributed by atoms with Crippen molar-refractivity contribution in [2.24, 2.45) is 0 Å². The van der Waals surface area contributed by atoms with E-state index in [-0.39, 0.29) is 0 Å². The molecule has 0 saturated carbocycles. The molecule has 0 bridgehead atoms. The molecule has 4 nitrogen and oxygen atoms in total. The van der Waals surface area contributed by atoms with Gasteiger partial charge in [0, 0.05) is 54.2 Å². The first-order valence-corrected chi connectivity index (χ1v) is 19.8. The lowest BCUT2D eigenvalue weighted by Crippen LogP contribution is -2.18. The number of hydrogen-bond donors (Lipinski definition) is 0. The lowest BCUT2D eigenvalue weighted by atomic mass is 9.91. The average Bonchev–Trinajstić information content (AvgIpc) is 3.48. The molecule has 12 rings (SSSR count). The molecule has 1 aliphatic rings. The second-order valence-corrected chi connectivity index (χ2v) is 15.0. The molecule has 270 valence electrons. The number of fused-ring (bicyclic) bond motifs is 11. The Morgan fingerprint density at radius 2 is 1.12 bits per heavy atom. The number of pyridine rings is 3. The van der Waals surface area contributed by atoms with Crippen LogP contribution in [0.3, 0.4) is 0 Å². The summed E-state index contributed by atoms with van der Waals surface area (Å²) in [6.45, 7) is 0. The molecule has 0 atom stereocenters. The summed E-state index contributed by atoms with van der Waals surface area (Å²) in [6.07, 6.45) is 9.45. The number of allylic oxidation sites excluding steroid dienone is 2. The third kappa shape index (κ3) is 5.12. The van der Waals surface area contributed by atoms with Crippen molar-refractivity contribution in [3.8, 4) is 44.9 Å². The Balaban J connectivity index is 1.01. The first-order valence-electron chi connectivity index (χ1n) is 19.8. The molecule has 0 radical (unpaired) electrons. The molecule has 0 fully saturated rings. The van der Waals surface area contributed by atoms with Crippen molar-refractivity contribution in [2.75, 3.05) is 0 Å². The van der Waals surface area contributed by atoms with Crippen LogP contribution in [0.15, 0.2) is 180 Å². The van der Waals surface area contributed by atoms with Crippen molar-refractivity contribution in [3.63, 3.8) is 0 Å². The van der Waals surface area contributed by atoms with Crippen molar-refractivity contribution in [2.45, 2.75) is 6.42 Å². The van der Waals surface area contributed by atoms with Crippen LogP contribution in [0.1, 0.15) is 6.42 Å². The molecular weight excluding hydrogens is 707 g/mol. The van der Waals surface area contributed by atoms with Gasteiger partial charge < -0.3 is 4.42 Å². The van der Waals surface area contributed by atoms with Crippen LogP contribution in [-0.4, -0.2) is 15.0 Å². The highest BCUT2D eigenvalue weighted by Crippen LogP contribution is 2.40. The second-order valence-electron chi connectivity index (χ2n) is 15.0. The maximum absolute atomic E-state index is 6.67. The minimum absolute atomic E-state index is 0.879. The van der Waals surface area contributed by atoms with E-state index in [0.29, 0.717) is 0 Å². The van der Waals surface area contributed by atoms with Gasteiger partial charge in [0.25, 0.3) is 0 Å². The van der Waals surface area contributed by atoms with Gasteiger partial charge in [-0.2, -0.15) is 0 Å². The predicted molar refractivity (Wildman–Crippen MR) is 241 cm³/mol. The molecule has 0 N–H and O–H groups in total. The van der Waals surface area contributed by atoms with Crippen LogP contribution in [0, 0.1) is 0 Å². The highest BCUT2D eigenvalue weighted by molar-refractivity contribution is 6.21. The Kier molecular flexibility index (Phi) is 7.26. The normalized spacial score (nSPS) is 12.6. The summed E-state index contributed by atoms with van der Waals surface area (Å²) in [6, 6.07) is 57.9. The average molecular weight is 740 g/mol. The van der Waals surface area contributed by atoms with Crippen molar-refractivity contribution in [1.29, 1.82) is 0 Å². The zero-order valence-electron chi connectivity index (χ0n) is 31.4. The van der Waals surface area contributed by atoms with E-state index in [2.05, 4.69) is 182 Å². The van der Waals surface area contributed by atoms with Crippen LogP contribution in [0.5, 0.6) is 0 Å². The van der Waals surface area contributed by atoms with Gasteiger partial charge in [0.05, 0.1) is 33.6 Å². The van der Waals surface area contributed by atoms with E-state index < -0.39 is 0 Å².